The molecule has 0 aliphatic rings. The van der Waals surface area contributed by atoms with E-state index in [2.05, 4.69) is 11.8 Å². The highest BCUT2D eigenvalue weighted by atomic mass is 16.1. The van der Waals surface area contributed by atoms with Gasteiger partial charge in [0.1, 0.15) is 12.6 Å². The van der Waals surface area contributed by atoms with E-state index in [1.807, 2.05) is 32.9 Å². The molecule has 0 radical (unpaired) electrons. The van der Waals surface area contributed by atoms with Crippen LogP contribution in [0.15, 0.2) is 34.9 Å². The fourth-order valence-electron chi connectivity index (χ4n) is 1.01. The molecule has 0 fully saturated rings. The summed E-state index contributed by atoms with van der Waals surface area (Å²) in [5.41, 5.74) is 2.64. The summed E-state index contributed by atoms with van der Waals surface area (Å²) in [5.74, 6) is 5.92. The third kappa shape index (κ3) is 9.07. The molecule has 90 valence electrons. The molecule has 0 unspecified atom stereocenters. The fraction of sp³-hybridized carbons (Fsp3) is 0.333. The van der Waals surface area contributed by atoms with Crippen LogP contribution in [-0.4, -0.2) is 12.6 Å². The Morgan fingerprint density at radius 1 is 1.12 bits per heavy atom. The van der Waals surface area contributed by atoms with Gasteiger partial charge in [-0.15, -0.1) is 0 Å². The van der Waals surface area contributed by atoms with Gasteiger partial charge in [-0.3, -0.25) is 4.79 Å². The van der Waals surface area contributed by atoms with Gasteiger partial charge < -0.3 is 4.79 Å². The minimum Gasteiger partial charge on any atom is -0.303 e. The monoisotopic (exact) mass is 230 g/mol. The summed E-state index contributed by atoms with van der Waals surface area (Å²) in [6.45, 7) is 5.90. The van der Waals surface area contributed by atoms with E-state index in [0.717, 1.165) is 11.9 Å². The van der Waals surface area contributed by atoms with Gasteiger partial charge in [0, 0.05) is 6.42 Å². The Labute approximate surface area is 103 Å². The van der Waals surface area contributed by atoms with Crippen LogP contribution in [0.1, 0.15) is 33.6 Å². The molecule has 0 spiro atoms. The molecule has 0 aromatic rings. The summed E-state index contributed by atoms with van der Waals surface area (Å²) < 4.78 is 0. The van der Waals surface area contributed by atoms with Gasteiger partial charge in [0.15, 0.2) is 0 Å². The minimum absolute atomic E-state index is 0.180. The van der Waals surface area contributed by atoms with Crippen molar-refractivity contribution in [2.75, 3.05) is 0 Å². The first kappa shape index (κ1) is 15.1. The largest absolute Gasteiger partial charge is 0.303 e. The van der Waals surface area contributed by atoms with Crippen molar-refractivity contribution in [1.29, 1.82) is 0 Å². The van der Waals surface area contributed by atoms with Gasteiger partial charge in [0.2, 0.25) is 0 Å². The fourth-order valence-corrected chi connectivity index (χ4v) is 1.01. The highest BCUT2D eigenvalue weighted by Crippen LogP contribution is 2.00. The molecule has 0 heterocycles. The Morgan fingerprint density at radius 2 is 1.82 bits per heavy atom. The van der Waals surface area contributed by atoms with Crippen molar-refractivity contribution in [3.63, 3.8) is 0 Å². The summed E-state index contributed by atoms with van der Waals surface area (Å²) in [6.07, 6.45) is 7.78. The molecule has 0 aliphatic carbocycles. The molecule has 0 aromatic heterocycles. The van der Waals surface area contributed by atoms with Crippen LogP contribution >= 0.6 is 0 Å². The quantitative estimate of drug-likeness (QED) is 0.413. The number of hydrogen-bond donors (Lipinski definition) is 0. The van der Waals surface area contributed by atoms with E-state index in [-0.39, 0.29) is 6.42 Å². The molecule has 2 nitrogen and oxygen atoms in total. The third-order valence-corrected chi connectivity index (χ3v) is 1.90. The van der Waals surface area contributed by atoms with Crippen LogP contribution in [0.5, 0.6) is 0 Å². The Kier molecular flexibility index (Phi) is 8.32. The lowest BCUT2D eigenvalue weighted by Gasteiger charge is -1.91. The molecule has 0 bridgehead atoms. The average molecular weight is 230 g/mol. The molecule has 0 aromatic carbocycles. The van der Waals surface area contributed by atoms with E-state index in [4.69, 9.17) is 0 Å². The van der Waals surface area contributed by atoms with Crippen LogP contribution in [0.3, 0.4) is 0 Å². The first-order chi connectivity index (χ1) is 8.10. The topological polar surface area (TPSA) is 34.1 Å². The van der Waals surface area contributed by atoms with Gasteiger partial charge in [0.05, 0.1) is 0 Å². The summed E-state index contributed by atoms with van der Waals surface area (Å²) in [6, 6.07) is 0. The van der Waals surface area contributed by atoms with E-state index in [1.165, 1.54) is 5.57 Å². The molecule has 0 atom stereocenters. The Hall–Kier alpha value is -1.88. The lowest BCUT2D eigenvalue weighted by molar-refractivity contribution is -0.109. The van der Waals surface area contributed by atoms with E-state index in [9.17, 15) is 9.59 Å². The normalized spacial score (nSPS) is 11.2. The molecular formula is C15H18O2. The summed E-state index contributed by atoms with van der Waals surface area (Å²) in [5, 5.41) is 0. The van der Waals surface area contributed by atoms with Gasteiger partial charge in [-0.05, 0) is 44.4 Å². The average Bonchev–Trinajstić information content (AvgIpc) is 2.27. The van der Waals surface area contributed by atoms with Crippen LogP contribution in [0.4, 0.5) is 0 Å². The lowest BCUT2D eigenvalue weighted by Crippen LogP contribution is -1.85. The van der Waals surface area contributed by atoms with E-state index in [0.29, 0.717) is 18.3 Å². The smallest absolute Gasteiger partial charge is 0.146 e. The van der Waals surface area contributed by atoms with Crippen LogP contribution in [0.25, 0.3) is 0 Å². The second-order valence-electron chi connectivity index (χ2n) is 3.88. The highest BCUT2D eigenvalue weighted by molar-refractivity contribution is 5.78. The Morgan fingerprint density at radius 3 is 2.35 bits per heavy atom. The van der Waals surface area contributed by atoms with Crippen molar-refractivity contribution in [3.05, 3.63) is 34.9 Å². The molecule has 0 aliphatic heterocycles. The lowest BCUT2D eigenvalue weighted by atomic mass is 10.1. The van der Waals surface area contributed by atoms with Crippen LogP contribution in [-0.2, 0) is 9.59 Å². The highest BCUT2D eigenvalue weighted by Gasteiger charge is 1.91. The summed E-state index contributed by atoms with van der Waals surface area (Å²) >= 11 is 0. The maximum absolute atomic E-state index is 10.5. The van der Waals surface area contributed by atoms with Crippen LogP contribution in [0, 0.1) is 11.8 Å². The summed E-state index contributed by atoms with van der Waals surface area (Å²) in [7, 11) is 0. The first-order valence-electron chi connectivity index (χ1n) is 5.49. The zero-order chi connectivity index (χ0) is 13.1. The maximum atomic E-state index is 10.5. The van der Waals surface area contributed by atoms with Crippen molar-refractivity contribution in [3.8, 4) is 11.8 Å². The summed E-state index contributed by atoms with van der Waals surface area (Å²) in [4.78, 5) is 20.8. The van der Waals surface area contributed by atoms with Crippen molar-refractivity contribution in [2.24, 2.45) is 0 Å². The second kappa shape index (κ2) is 9.35. The van der Waals surface area contributed by atoms with Crippen LogP contribution < -0.4 is 0 Å². The van der Waals surface area contributed by atoms with E-state index >= 15 is 0 Å². The standard InChI is InChI=1S/C15H18O2/c1-13(2)6-4-7-14(3)8-5-9-15(12-17)10-11-16/h6,8-9,11-12H,5,10H2,1-3H3/b14-8+,15-9-. The molecular weight excluding hydrogens is 212 g/mol. The number of carbonyl (C=O) groups excluding carboxylic acids is 2. The second-order valence-corrected chi connectivity index (χ2v) is 3.88. The van der Waals surface area contributed by atoms with Crippen LogP contribution in [0.2, 0.25) is 0 Å². The zero-order valence-electron chi connectivity index (χ0n) is 10.6. The number of carbonyl (C=O) groups is 2. The SMILES string of the molecule is CC(C)=CC#C/C(C)=C/C/C=C(\C=O)CC=O. The maximum Gasteiger partial charge on any atom is 0.146 e. The third-order valence-electron chi connectivity index (χ3n) is 1.90. The van der Waals surface area contributed by atoms with E-state index < -0.39 is 0 Å². The van der Waals surface area contributed by atoms with Crippen molar-refractivity contribution in [1.82, 2.24) is 0 Å². The number of rotatable bonds is 5. The predicted octanol–water partition coefficient (Wildman–Crippen LogP) is 3.01. The molecule has 0 amide bonds. The van der Waals surface area contributed by atoms with Gasteiger partial charge >= 0.3 is 0 Å². The molecule has 0 saturated heterocycles. The Bertz CT molecular complexity index is 408. The van der Waals surface area contributed by atoms with Crippen molar-refractivity contribution in [2.45, 2.75) is 33.6 Å². The first-order valence-corrected chi connectivity index (χ1v) is 5.49. The molecule has 0 rings (SSSR count). The minimum atomic E-state index is 0.180. The number of aldehydes is 2. The molecule has 2 heteroatoms. The van der Waals surface area contributed by atoms with Gasteiger partial charge in [-0.25, -0.2) is 0 Å². The molecule has 0 N–H and O–H groups in total. The van der Waals surface area contributed by atoms with Gasteiger partial charge in [0.25, 0.3) is 0 Å². The predicted molar refractivity (Wildman–Crippen MR) is 70.4 cm³/mol. The zero-order valence-corrected chi connectivity index (χ0v) is 10.6. The van der Waals surface area contributed by atoms with Gasteiger partial charge in [-0.1, -0.05) is 29.6 Å². The molecule has 17 heavy (non-hydrogen) atoms. The molecule has 0 saturated carbocycles. The number of allylic oxidation sites excluding steroid dienone is 6. The Balaban J connectivity index is 4.40. The van der Waals surface area contributed by atoms with Crippen molar-refractivity contribution < 1.29 is 9.59 Å². The van der Waals surface area contributed by atoms with Gasteiger partial charge in [-0.2, -0.15) is 0 Å². The number of hydrogen-bond acceptors (Lipinski definition) is 2. The van der Waals surface area contributed by atoms with E-state index in [1.54, 1.807) is 6.08 Å². The van der Waals surface area contributed by atoms with Crippen molar-refractivity contribution >= 4 is 12.6 Å².